The second-order valence-electron chi connectivity index (χ2n) is 2.43. The molecule has 0 aliphatic heterocycles. The summed E-state index contributed by atoms with van der Waals surface area (Å²) in [5.41, 5.74) is 1.88. The minimum absolute atomic E-state index is 0.560. The molecule has 2 rings (SSSR count). The first-order valence-electron chi connectivity index (χ1n) is 3.43. The fourth-order valence-electron chi connectivity index (χ4n) is 1.06. The summed E-state index contributed by atoms with van der Waals surface area (Å²) in [7, 11) is -5.32. The van der Waals surface area contributed by atoms with E-state index in [0.717, 1.165) is 0 Å². The van der Waals surface area contributed by atoms with Gasteiger partial charge < -0.3 is 0 Å². The monoisotopic (exact) mass is 216 g/mol. The Hall–Kier alpha value is -0.980. The molecule has 4 nitrogen and oxygen atoms in total. The van der Waals surface area contributed by atoms with Gasteiger partial charge in [0.15, 0.2) is 9.50 Å². The van der Waals surface area contributed by atoms with Gasteiger partial charge in [-0.05, 0) is 6.07 Å². The first kappa shape index (κ1) is 8.61. The molecule has 1 N–H and O–H groups in total. The maximum Gasteiger partial charge on any atom is 0.474 e. The van der Waals surface area contributed by atoms with Gasteiger partial charge in [-0.1, -0.05) is 12.1 Å². The number of nitrogens with zero attached hydrogens (tertiary/aromatic N) is 1. The van der Waals surface area contributed by atoms with Crippen molar-refractivity contribution in [2.24, 2.45) is 0 Å². The van der Waals surface area contributed by atoms with E-state index in [2.05, 4.69) is 4.98 Å². The largest absolute Gasteiger partial charge is 0.474 e. The molecule has 2 aromatic rings. The number of hydrogen-bond donors (Lipinski definition) is 1. The van der Waals surface area contributed by atoms with Crippen LogP contribution in [0.3, 0.4) is 0 Å². The van der Waals surface area contributed by atoms with E-state index in [9.17, 15) is 8.42 Å². The Morgan fingerprint density at radius 3 is 2.69 bits per heavy atom. The summed E-state index contributed by atoms with van der Waals surface area (Å²) in [6, 6.07) is 6.86. The van der Waals surface area contributed by atoms with E-state index in [4.69, 9.17) is 4.55 Å². The molecule has 0 saturated carbocycles. The van der Waals surface area contributed by atoms with Gasteiger partial charge in [-0.3, -0.25) is 0 Å². The van der Waals surface area contributed by atoms with E-state index >= 15 is 0 Å². The first-order chi connectivity index (χ1) is 6.09. The Balaban J connectivity index is 2.87. The molecular formula is C7H6NO3S2+. The number of thiazole rings is 1. The highest BCUT2D eigenvalue weighted by Crippen LogP contribution is 2.32. The molecule has 0 spiro atoms. The minimum atomic E-state index is -4.04. The van der Waals surface area contributed by atoms with Crippen molar-refractivity contribution in [3.8, 4) is 0 Å². The van der Waals surface area contributed by atoms with Crippen molar-refractivity contribution in [2.45, 2.75) is 0 Å². The summed E-state index contributed by atoms with van der Waals surface area (Å²) in [5.74, 6) is 0. The second kappa shape index (κ2) is 2.76. The molecule has 1 aromatic heterocycles. The third-order valence-corrected chi connectivity index (χ3v) is 5.28. The standard InChI is InChI=1S/C7H5NO3S2/c9-13(10,11)12-5-8-6-3-1-2-4-7(6)12/h1-5H/p+1. The van der Waals surface area contributed by atoms with Crippen LogP contribution >= 0.6 is 9.50 Å². The first-order valence-corrected chi connectivity index (χ1v) is 6.68. The summed E-state index contributed by atoms with van der Waals surface area (Å²) in [6.07, 6.45) is 0. The molecule has 1 aromatic carbocycles. The van der Waals surface area contributed by atoms with Crippen LogP contribution in [0.4, 0.5) is 0 Å². The number of para-hydroxylation sites is 1. The zero-order valence-corrected chi connectivity index (χ0v) is 8.05. The maximum atomic E-state index is 10.9. The molecule has 1 atom stereocenters. The van der Waals surface area contributed by atoms with Gasteiger partial charge in [-0.25, -0.2) is 4.55 Å². The molecule has 0 aliphatic carbocycles. The maximum absolute atomic E-state index is 10.9. The van der Waals surface area contributed by atoms with E-state index in [1.54, 1.807) is 24.3 Å². The van der Waals surface area contributed by atoms with Crippen LogP contribution in [-0.2, 0) is 9.15 Å². The average molecular weight is 216 g/mol. The van der Waals surface area contributed by atoms with Crippen LogP contribution in [0.15, 0.2) is 29.8 Å². The Bertz CT molecular complexity index is 544. The summed E-state index contributed by atoms with van der Waals surface area (Å²) >= 11 is 0. The van der Waals surface area contributed by atoms with Gasteiger partial charge in [-0.2, -0.15) is 4.98 Å². The molecular weight excluding hydrogens is 210 g/mol. The van der Waals surface area contributed by atoms with Crippen LogP contribution in [0.2, 0.25) is 0 Å². The molecule has 1 heterocycles. The molecule has 1 unspecified atom stereocenters. The zero-order chi connectivity index (χ0) is 9.47. The Kier molecular flexibility index (Phi) is 1.83. The van der Waals surface area contributed by atoms with E-state index in [0.29, 0.717) is 10.2 Å². The highest BCUT2D eigenvalue weighted by Gasteiger charge is 2.26. The molecule has 0 saturated heterocycles. The molecule has 13 heavy (non-hydrogen) atoms. The van der Waals surface area contributed by atoms with Gasteiger partial charge in [0.2, 0.25) is 4.70 Å². The number of hydrogen-bond acceptors (Lipinski definition) is 3. The topological polar surface area (TPSA) is 67.3 Å². The molecule has 0 amide bonds. The lowest BCUT2D eigenvalue weighted by Gasteiger charge is -1.82. The van der Waals surface area contributed by atoms with E-state index in [-0.39, 0.29) is 0 Å². The predicted molar refractivity (Wildman–Crippen MR) is 51.2 cm³/mol. The molecule has 0 bridgehead atoms. The molecule has 0 fully saturated rings. The lowest BCUT2D eigenvalue weighted by molar-refractivity contribution is 0.502. The lowest BCUT2D eigenvalue weighted by Crippen LogP contribution is -1.88. The van der Waals surface area contributed by atoms with Gasteiger partial charge >= 0.3 is 9.15 Å². The van der Waals surface area contributed by atoms with Crippen LogP contribution in [0.25, 0.3) is 10.2 Å². The highest BCUT2D eigenvalue weighted by molar-refractivity contribution is 8.37. The summed E-state index contributed by atoms with van der Waals surface area (Å²) in [6.45, 7) is 0. The predicted octanol–water partition coefficient (Wildman–Crippen LogP) is 1.63. The third-order valence-electron chi connectivity index (χ3n) is 1.60. The summed E-state index contributed by atoms with van der Waals surface area (Å²) in [5, 5.41) is 0. The smallest absolute Gasteiger partial charge is 0.242 e. The fraction of sp³-hybridized carbons (Fsp3) is 0. The average Bonchev–Trinajstić information content (AvgIpc) is 2.45. The van der Waals surface area contributed by atoms with E-state index < -0.39 is 18.7 Å². The van der Waals surface area contributed by atoms with Crippen LogP contribution in [-0.4, -0.2) is 18.0 Å². The number of benzene rings is 1. The van der Waals surface area contributed by atoms with E-state index in [1.165, 1.54) is 5.51 Å². The fourth-order valence-corrected chi connectivity index (χ4v) is 3.82. The quantitative estimate of drug-likeness (QED) is 0.447. The number of rotatable bonds is 1. The van der Waals surface area contributed by atoms with Crippen molar-refractivity contribution in [1.29, 1.82) is 0 Å². The Morgan fingerprint density at radius 2 is 2.00 bits per heavy atom. The van der Waals surface area contributed by atoms with Crippen molar-refractivity contribution < 1.29 is 13.0 Å². The van der Waals surface area contributed by atoms with Crippen LogP contribution < -0.4 is 0 Å². The van der Waals surface area contributed by atoms with Crippen molar-refractivity contribution in [1.82, 2.24) is 4.98 Å². The van der Waals surface area contributed by atoms with Gasteiger partial charge in [0.1, 0.15) is 5.52 Å². The van der Waals surface area contributed by atoms with Gasteiger partial charge in [0, 0.05) is 6.07 Å². The van der Waals surface area contributed by atoms with Crippen LogP contribution in [0.1, 0.15) is 0 Å². The Labute approximate surface area is 77.0 Å². The summed E-state index contributed by atoms with van der Waals surface area (Å²) in [4.78, 5) is 3.90. The zero-order valence-electron chi connectivity index (χ0n) is 6.41. The molecule has 6 heteroatoms. The number of aromatic nitrogens is 1. The van der Waals surface area contributed by atoms with Crippen molar-refractivity contribution in [3.05, 3.63) is 29.8 Å². The van der Waals surface area contributed by atoms with Gasteiger partial charge in [0.25, 0.3) is 5.51 Å². The third kappa shape index (κ3) is 1.43. The molecule has 0 aliphatic rings. The van der Waals surface area contributed by atoms with Gasteiger partial charge in [-0.15, -0.1) is 8.42 Å². The lowest BCUT2D eigenvalue weighted by atomic mass is 10.3. The normalized spacial score (nSPS) is 13.5. The van der Waals surface area contributed by atoms with Crippen molar-refractivity contribution in [2.75, 3.05) is 0 Å². The second-order valence-corrected chi connectivity index (χ2v) is 6.87. The minimum Gasteiger partial charge on any atom is -0.242 e. The molecule has 0 radical (unpaired) electrons. The van der Waals surface area contributed by atoms with Gasteiger partial charge in [0.05, 0.1) is 0 Å². The SMILES string of the molecule is O=S(=O)(O)[s+]1cnc2ccccc21. The molecule has 68 valence electrons. The van der Waals surface area contributed by atoms with Crippen molar-refractivity contribution in [3.63, 3.8) is 0 Å². The Morgan fingerprint density at radius 1 is 1.31 bits per heavy atom. The van der Waals surface area contributed by atoms with Crippen molar-refractivity contribution >= 4 is 28.9 Å². The summed E-state index contributed by atoms with van der Waals surface area (Å²) < 4.78 is 31.2. The number of fused-ring (bicyclic) bond motifs is 1. The van der Waals surface area contributed by atoms with Crippen LogP contribution in [0.5, 0.6) is 0 Å². The van der Waals surface area contributed by atoms with E-state index in [1.807, 2.05) is 0 Å². The van der Waals surface area contributed by atoms with Crippen LogP contribution in [0, 0.1) is 0 Å². The highest BCUT2D eigenvalue weighted by atomic mass is 33.2.